The smallest absolute Gasteiger partial charge is 0.197 e. The number of pyridine rings is 6. The van der Waals surface area contributed by atoms with E-state index < -0.39 is 0 Å². The second-order valence-corrected chi connectivity index (χ2v) is 24.9. The number of halogens is 2. The van der Waals surface area contributed by atoms with E-state index in [-0.39, 0.29) is 32.6 Å². The highest BCUT2D eigenvalue weighted by Gasteiger charge is 2.28. The number of anilines is 8. The fourth-order valence-corrected chi connectivity index (χ4v) is 14.5. The van der Waals surface area contributed by atoms with Crippen molar-refractivity contribution < 1.29 is 0 Å². The highest BCUT2D eigenvalue weighted by atomic mass is 127. The monoisotopic (exact) mass is 1400 g/mol. The minimum atomic E-state index is -0.243. The van der Waals surface area contributed by atoms with Crippen LogP contribution >= 0.6 is 45.2 Å². The number of rotatable bonds is 8. The lowest BCUT2D eigenvalue weighted by Gasteiger charge is -2.28. The molecule has 0 aliphatic heterocycles. The zero-order chi connectivity index (χ0) is 61.8. The summed E-state index contributed by atoms with van der Waals surface area (Å²) in [5.41, 5.74) is 9.45. The molecule has 0 atom stereocenters. The van der Waals surface area contributed by atoms with Gasteiger partial charge in [-0.2, -0.15) is 0 Å². The van der Waals surface area contributed by atoms with Crippen LogP contribution in [0.3, 0.4) is 0 Å². The Morgan fingerprint density at radius 3 is 0.692 bits per heavy atom. The van der Waals surface area contributed by atoms with Crippen LogP contribution in [0.4, 0.5) is 45.5 Å². The molecule has 0 aliphatic rings. The van der Waals surface area contributed by atoms with Gasteiger partial charge in [-0.15, -0.1) is 0 Å². The summed E-state index contributed by atoms with van der Waals surface area (Å²) in [6.07, 6.45) is 0. The number of aromatic nitrogens is 2. The van der Waals surface area contributed by atoms with Crippen molar-refractivity contribution in [2.24, 2.45) is 0 Å². The van der Waals surface area contributed by atoms with E-state index in [1.807, 2.05) is 239 Å². The van der Waals surface area contributed by atoms with Crippen LogP contribution in [0.5, 0.6) is 0 Å². The predicted molar refractivity (Wildman–Crippen MR) is 391 cm³/mol. The Hall–Kier alpha value is -10.9. The van der Waals surface area contributed by atoms with Gasteiger partial charge in [0, 0.05) is 117 Å². The van der Waals surface area contributed by atoms with Crippen LogP contribution in [0.2, 0.25) is 0 Å². The van der Waals surface area contributed by atoms with Gasteiger partial charge in [-0.05, 0) is 191 Å². The van der Waals surface area contributed by atoms with Crippen LogP contribution < -0.4 is 47.7 Å². The fourth-order valence-electron chi connectivity index (χ4n) is 13.3. The number of benzene rings is 12. The first-order valence-electron chi connectivity index (χ1n) is 29.4. The van der Waals surface area contributed by atoms with E-state index in [1.54, 1.807) is 36.4 Å². The second kappa shape index (κ2) is 22.0. The first kappa shape index (κ1) is 55.4. The van der Waals surface area contributed by atoms with Gasteiger partial charge in [0.15, 0.2) is 32.6 Å². The van der Waals surface area contributed by atoms with Gasteiger partial charge in [0.05, 0.1) is 33.1 Å². The molecule has 0 fully saturated rings. The summed E-state index contributed by atoms with van der Waals surface area (Å²) in [6, 6.07) is 85.4. The third-order valence-corrected chi connectivity index (χ3v) is 18.3. The molecule has 0 aliphatic carbocycles. The number of para-hydroxylation sites is 8. The summed E-state index contributed by atoms with van der Waals surface area (Å²) >= 11 is 4.27. The van der Waals surface area contributed by atoms with E-state index in [4.69, 9.17) is 0 Å². The Balaban J connectivity index is 0.000000136. The van der Waals surface area contributed by atoms with Gasteiger partial charge in [0.1, 0.15) is 0 Å². The Bertz CT molecular complexity index is 5770. The maximum absolute atomic E-state index is 15.1. The van der Waals surface area contributed by atoms with E-state index in [0.717, 1.165) is 41.3 Å². The molecule has 91 heavy (non-hydrogen) atoms. The molecule has 11 nitrogen and oxygen atoms in total. The van der Waals surface area contributed by atoms with E-state index in [1.165, 1.54) is 0 Å². The van der Waals surface area contributed by atoms with Crippen LogP contribution in [-0.4, -0.2) is 8.80 Å². The molecule has 0 radical (unpaired) electrons. The van der Waals surface area contributed by atoms with Crippen molar-refractivity contribution in [2.75, 3.05) is 15.1 Å². The van der Waals surface area contributed by atoms with E-state index in [9.17, 15) is 24.0 Å². The molecule has 1 N–H and O–H groups in total. The van der Waals surface area contributed by atoms with Crippen LogP contribution in [0.25, 0.3) is 97.7 Å². The van der Waals surface area contributed by atoms with Gasteiger partial charge in [0.25, 0.3) is 0 Å². The molecule has 0 amide bonds. The number of hydrogen-bond donors (Lipinski definition) is 1. The van der Waals surface area contributed by atoms with Crippen molar-refractivity contribution in [1.29, 1.82) is 0 Å². The molecule has 0 unspecified atom stereocenters. The minimum absolute atomic E-state index is 0.140. The quantitative estimate of drug-likeness (QED) is 0.0898. The fraction of sp³-hybridized carbons (Fsp3) is 0. The largest absolute Gasteiger partial charge is 0.356 e. The van der Waals surface area contributed by atoms with E-state index in [2.05, 4.69) is 60.3 Å². The highest BCUT2D eigenvalue weighted by Crippen LogP contribution is 2.42. The van der Waals surface area contributed by atoms with E-state index in [0.29, 0.717) is 109 Å². The topological polar surface area (TPSA) is 130 Å². The molecule has 6 aromatic heterocycles. The number of nitrogens with one attached hydrogen (secondary N) is 1. The zero-order valence-corrected chi connectivity index (χ0v) is 52.2. The van der Waals surface area contributed by atoms with Crippen molar-refractivity contribution in [1.82, 2.24) is 8.80 Å². The van der Waals surface area contributed by atoms with Crippen molar-refractivity contribution in [3.8, 4) is 0 Å². The SMILES string of the molecule is O=c1c2cccc3c(=O)c4cc(I)cc5c(=O)c6cc(I)cc1c6n(c23)c45.O=c1c2cccc3c(=O)c4cc(N(c5ccccc5)c5ccccc5)cc5c(=O)c6cc(N(c7ccccc7)c7ccccc7)cc1c6n(c23)c45.c1ccc(Nc2ccccc2)cc1. The first-order chi connectivity index (χ1) is 44.5. The minimum Gasteiger partial charge on any atom is -0.356 e. The third-order valence-electron chi connectivity index (χ3n) is 17.1. The highest BCUT2D eigenvalue weighted by molar-refractivity contribution is 14.1. The summed E-state index contributed by atoms with van der Waals surface area (Å²) < 4.78 is 5.62. The average molecular weight is 1400 g/mol. The standard InChI is InChI=1S/C45H27N3O3.C21H7I2NO3.C12H11N/c49-43-34-22-13-23-35-40(34)48-41-36(43)24-32(46(28-14-5-1-6-15-28)29-16-7-2-8-17-29)26-38(41)45(51)39-27-33(25-37(42(39)48)44(35)50)47(30-18-9-3-10-19-30)31-20-11-4-12-21-31;22-8-4-12-17-14(6-8)21(27)15-7-9(23)5-13-18(15)24(17)16-10(19(12)25)2-1-3-11(16)20(13)26;1-3-7-11(8-4-1)13-12-9-5-2-6-10-12/h1-27H;1-7H;1-10,13H. The van der Waals surface area contributed by atoms with Crippen LogP contribution in [0.1, 0.15) is 0 Å². The van der Waals surface area contributed by atoms with Crippen molar-refractivity contribution in [2.45, 2.75) is 0 Å². The Morgan fingerprint density at radius 1 is 0.231 bits per heavy atom. The molecule has 6 heterocycles. The van der Waals surface area contributed by atoms with Gasteiger partial charge in [-0.3, -0.25) is 28.8 Å². The molecule has 13 heteroatoms. The second-order valence-electron chi connectivity index (χ2n) is 22.4. The summed E-state index contributed by atoms with van der Waals surface area (Å²) in [5.74, 6) is 0. The van der Waals surface area contributed by atoms with Crippen LogP contribution in [0.15, 0.2) is 296 Å². The molecule has 12 aromatic carbocycles. The van der Waals surface area contributed by atoms with Crippen molar-refractivity contribution in [3.05, 3.63) is 335 Å². The molecule has 0 saturated carbocycles. The van der Waals surface area contributed by atoms with E-state index >= 15 is 4.79 Å². The van der Waals surface area contributed by atoms with Crippen molar-refractivity contribution >= 4 is 188 Å². The number of nitrogens with zero attached hydrogens (tertiary/aromatic N) is 4. The molecular weight excluding hydrogens is 1360 g/mol. The van der Waals surface area contributed by atoms with Crippen molar-refractivity contribution in [3.63, 3.8) is 0 Å². The summed E-state index contributed by atoms with van der Waals surface area (Å²) in [7, 11) is 0. The summed E-state index contributed by atoms with van der Waals surface area (Å²) in [6.45, 7) is 0. The summed E-state index contributed by atoms with van der Waals surface area (Å²) in [5, 5.41) is 8.90. The maximum atomic E-state index is 15.1. The average Bonchev–Trinajstić information content (AvgIpc) is 0.697. The first-order valence-corrected chi connectivity index (χ1v) is 31.5. The van der Waals surface area contributed by atoms with Crippen LogP contribution in [0, 0.1) is 7.14 Å². The van der Waals surface area contributed by atoms with Crippen LogP contribution in [-0.2, 0) is 0 Å². The zero-order valence-electron chi connectivity index (χ0n) is 47.9. The maximum Gasteiger partial charge on any atom is 0.197 e. The molecule has 432 valence electrons. The Kier molecular flexibility index (Phi) is 13.4. The summed E-state index contributed by atoms with van der Waals surface area (Å²) in [4.78, 5) is 87.8. The molecule has 18 aromatic rings. The Labute approximate surface area is 543 Å². The van der Waals surface area contributed by atoms with Gasteiger partial charge in [0.2, 0.25) is 0 Å². The lowest BCUT2D eigenvalue weighted by molar-refractivity contribution is 1.27. The van der Waals surface area contributed by atoms with Gasteiger partial charge >= 0.3 is 0 Å². The molecular formula is C78H45I2N5O6. The van der Waals surface area contributed by atoms with Gasteiger partial charge < -0.3 is 23.9 Å². The lowest BCUT2D eigenvalue weighted by atomic mass is 9.96. The molecule has 0 spiro atoms. The normalized spacial score (nSPS) is 11.7. The molecule has 0 bridgehead atoms. The predicted octanol–water partition coefficient (Wildman–Crippen LogP) is 17.5. The lowest BCUT2D eigenvalue weighted by Crippen LogP contribution is -2.21. The molecule has 18 rings (SSSR count). The Morgan fingerprint density at radius 2 is 0.440 bits per heavy atom. The third kappa shape index (κ3) is 8.96. The van der Waals surface area contributed by atoms with Gasteiger partial charge in [-0.1, -0.05) is 121 Å². The molecule has 0 saturated heterocycles. The van der Waals surface area contributed by atoms with Gasteiger partial charge in [-0.25, -0.2) is 0 Å². The number of hydrogen-bond acceptors (Lipinski definition) is 9.